The van der Waals surface area contributed by atoms with Crippen LogP contribution in [-0.2, 0) is 4.84 Å². The van der Waals surface area contributed by atoms with Crippen molar-refractivity contribution in [2.75, 3.05) is 14.2 Å². The van der Waals surface area contributed by atoms with E-state index in [-0.39, 0.29) is 10.7 Å². The van der Waals surface area contributed by atoms with Gasteiger partial charge in [-0.1, -0.05) is 11.6 Å². The van der Waals surface area contributed by atoms with Gasteiger partial charge in [-0.25, -0.2) is 10.0 Å². The van der Waals surface area contributed by atoms with E-state index in [4.69, 9.17) is 11.6 Å². The number of amides is 1. The zero-order chi connectivity index (χ0) is 12.3. The Bertz CT molecular complexity index is 437. The minimum Gasteiger partial charge on any atom is -0.274 e. The van der Waals surface area contributed by atoms with Crippen molar-refractivity contribution in [3.8, 4) is 0 Å². The van der Waals surface area contributed by atoms with Crippen LogP contribution >= 0.6 is 11.6 Å². The van der Waals surface area contributed by atoms with Gasteiger partial charge < -0.3 is 0 Å². The van der Waals surface area contributed by atoms with Gasteiger partial charge in [-0.05, 0) is 0 Å². The van der Waals surface area contributed by atoms with E-state index in [9.17, 15) is 14.9 Å². The van der Waals surface area contributed by atoms with Crippen LogP contribution in [0, 0.1) is 10.1 Å². The van der Waals surface area contributed by atoms with E-state index in [1.54, 1.807) is 0 Å². The number of nitro groups is 1. The van der Waals surface area contributed by atoms with Gasteiger partial charge in [0.15, 0.2) is 0 Å². The molecule has 8 heteroatoms. The number of hydrogen-bond acceptors (Lipinski definition) is 5. The molecule has 0 atom stereocenters. The maximum atomic E-state index is 11.6. The molecular weight excluding hydrogens is 238 g/mol. The smallest absolute Gasteiger partial charge is 0.274 e. The van der Waals surface area contributed by atoms with Gasteiger partial charge in [0.2, 0.25) is 5.15 Å². The Hall–Kier alpha value is -1.73. The lowest BCUT2D eigenvalue weighted by molar-refractivity contribution is -0.385. The lowest BCUT2D eigenvalue weighted by Crippen LogP contribution is -2.25. The zero-order valence-electron chi connectivity index (χ0n) is 8.51. The first-order valence-corrected chi connectivity index (χ1v) is 4.47. The van der Waals surface area contributed by atoms with Crippen LogP contribution in [0.1, 0.15) is 10.4 Å². The molecule has 0 fully saturated rings. The molecule has 0 aliphatic rings. The van der Waals surface area contributed by atoms with Gasteiger partial charge in [-0.15, -0.1) is 0 Å². The van der Waals surface area contributed by atoms with Crippen molar-refractivity contribution in [2.45, 2.75) is 0 Å². The van der Waals surface area contributed by atoms with Crippen molar-refractivity contribution in [3.63, 3.8) is 0 Å². The topological polar surface area (TPSA) is 85.6 Å². The van der Waals surface area contributed by atoms with Crippen molar-refractivity contribution in [2.24, 2.45) is 0 Å². The molecule has 0 spiro atoms. The van der Waals surface area contributed by atoms with Crippen molar-refractivity contribution in [1.29, 1.82) is 0 Å². The molecule has 0 bridgehead atoms. The van der Waals surface area contributed by atoms with Gasteiger partial charge >= 0.3 is 5.69 Å². The lowest BCUT2D eigenvalue weighted by Gasteiger charge is -2.12. The normalized spacial score (nSPS) is 9.94. The molecule has 0 saturated heterocycles. The highest BCUT2D eigenvalue weighted by molar-refractivity contribution is 6.31. The second-order valence-electron chi connectivity index (χ2n) is 2.78. The third-order valence-corrected chi connectivity index (χ3v) is 2.12. The molecule has 0 radical (unpaired) electrons. The Morgan fingerprint density at radius 3 is 2.81 bits per heavy atom. The van der Waals surface area contributed by atoms with Gasteiger partial charge in [0.1, 0.15) is 0 Å². The minimum absolute atomic E-state index is 0.0282. The lowest BCUT2D eigenvalue weighted by atomic mass is 10.2. The standard InChI is InChI=1S/C8H8ClN3O4/c1-11(16-2)8(13)5-3-6(12(14)15)7(9)10-4-5/h3-4H,1-2H3. The van der Waals surface area contributed by atoms with Crippen LogP contribution < -0.4 is 0 Å². The fourth-order valence-electron chi connectivity index (χ4n) is 0.946. The van der Waals surface area contributed by atoms with E-state index in [0.717, 1.165) is 17.3 Å². The molecule has 0 aliphatic carbocycles. The van der Waals surface area contributed by atoms with Crippen LogP contribution in [0.2, 0.25) is 5.15 Å². The second kappa shape index (κ2) is 4.86. The molecule has 0 unspecified atom stereocenters. The van der Waals surface area contributed by atoms with Gasteiger partial charge in [-0.2, -0.15) is 0 Å². The predicted molar refractivity (Wildman–Crippen MR) is 55.0 cm³/mol. The van der Waals surface area contributed by atoms with Crippen LogP contribution in [0.5, 0.6) is 0 Å². The first-order valence-electron chi connectivity index (χ1n) is 4.09. The molecule has 1 heterocycles. The fourth-order valence-corrected chi connectivity index (χ4v) is 1.12. The third kappa shape index (κ3) is 2.44. The van der Waals surface area contributed by atoms with Gasteiger partial charge in [-0.3, -0.25) is 19.7 Å². The van der Waals surface area contributed by atoms with E-state index in [2.05, 4.69) is 9.82 Å². The first kappa shape index (κ1) is 12.3. The number of rotatable bonds is 3. The SMILES string of the molecule is CON(C)C(=O)c1cnc(Cl)c([N+](=O)[O-])c1. The van der Waals surface area contributed by atoms with Crippen LogP contribution in [-0.4, -0.2) is 35.0 Å². The number of pyridine rings is 1. The van der Waals surface area contributed by atoms with Crippen molar-refractivity contribution < 1.29 is 14.6 Å². The average molecular weight is 246 g/mol. The first-order chi connectivity index (χ1) is 7.47. The molecule has 1 rings (SSSR count). The Balaban J connectivity index is 3.13. The molecule has 86 valence electrons. The summed E-state index contributed by atoms with van der Waals surface area (Å²) < 4.78 is 0. The Morgan fingerprint density at radius 1 is 1.69 bits per heavy atom. The van der Waals surface area contributed by atoms with Gasteiger partial charge in [0.05, 0.1) is 17.6 Å². The third-order valence-electron chi connectivity index (χ3n) is 1.82. The van der Waals surface area contributed by atoms with E-state index in [1.165, 1.54) is 14.2 Å². The minimum atomic E-state index is -0.709. The number of carbonyl (C=O) groups is 1. The van der Waals surface area contributed by atoms with E-state index >= 15 is 0 Å². The largest absolute Gasteiger partial charge is 0.307 e. The van der Waals surface area contributed by atoms with Crippen LogP contribution in [0.3, 0.4) is 0 Å². The summed E-state index contributed by atoms with van der Waals surface area (Å²) in [5.74, 6) is -0.547. The van der Waals surface area contributed by atoms with Crippen LogP contribution in [0.4, 0.5) is 5.69 Å². The summed E-state index contributed by atoms with van der Waals surface area (Å²) in [5.41, 5.74) is -0.391. The Morgan fingerprint density at radius 2 is 2.31 bits per heavy atom. The van der Waals surface area contributed by atoms with E-state index in [1.807, 2.05) is 0 Å². The highest BCUT2D eigenvalue weighted by Gasteiger charge is 2.19. The summed E-state index contributed by atoms with van der Waals surface area (Å²) >= 11 is 5.50. The molecule has 0 N–H and O–H groups in total. The second-order valence-corrected chi connectivity index (χ2v) is 3.13. The molecule has 0 aliphatic heterocycles. The summed E-state index contributed by atoms with van der Waals surface area (Å²) in [6.07, 6.45) is 1.15. The maximum Gasteiger partial charge on any atom is 0.307 e. The summed E-state index contributed by atoms with van der Waals surface area (Å²) in [7, 11) is 2.68. The Labute approximate surface area is 95.7 Å². The summed E-state index contributed by atoms with van der Waals surface area (Å²) in [4.78, 5) is 29.6. The summed E-state index contributed by atoms with van der Waals surface area (Å²) in [5, 5.41) is 11.2. The number of halogens is 1. The monoisotopic (exact) mass is 245 g/mol. The predicted octanol–water partition coefficient (Wildman–Crippen LogP) is 1.28. The van der Waals surface area contributed by atoms with Crippen molar-refractivity contribution in [1.82, 2.24) is 10.0 Å². The Kier molecular flexibility index (Phi) is 3.75. The number of nitrogens with zero attached hydrogens (tertiary/aromatic N) is 3. The maximum absolute atomic E-state index is 11.6. The molecule has 1 aromatic heterocycles. The van der Waals surface area contributed by atoms with E-state index < -0.39 is 16.5 Å². The zero-order valence-corrected chi connectivity index (χ0v) is 9.26. The van der Waals surface area contributed by atoms with Crippen LogP contribution in [0.25, 0.3) is 0 Å². The highest BCUT2D eigenvalue weighted by Crippen LogP contribution is 2.22. The molecular formula is C8H8ClN3O4. The fraction of sp³-hybridized carbons (Fsp3) is 0.250. The molecule has 1 amide bonds. The van der Waals surface area contributed by atoms with Crippen molar-refractivity contribution in [3.05, 3.63) is 33.1 Å². The summed E-state index contributed by atoms with van der Waals surface area (Å²) in [6.45, 7) is 0. The molecule has 0 aromatic carbocycles. The number of aromatic nitrogens is 1. The molecule has 0 saturated carbocycles. The number of hydrogen-bond donors (Lipinski definition) is 0. The van der Waals surface area contributed by atoms with Gasteiger partial charge in [0.25, 0.3) is 5.91 Å². The molecule has 1 aromatic rings. The van der Waals surface area contributed by atoms with Gasteiger partial charge in [0, 0.05) is 19.3 Å². The molecule has 7 nitrogen and oxygen atoms in total. The quantitative estimate of drug-likeness (QED) is 0.455. The molecule has 16 heavy (non-hydrogen) atoms. The van der Waals surface area contributed by atoms with E-state index in [0.29, 0.717) is 0 Å². The van der Waals surface area contributed by atoms with Crippen LogP contribution in [0.15, 0.2) is 12.3 Å². The average Bonchev–Trinajstić information content (AvgIpc) is 2.27. The number of hydroxylamine groups is 2. The number of carbonyl (C=O) groups excluding carboxylic acids is 1. The highest BCUT2D eigenvalue weighted by atomic mass is 35.5. The van der Waals surface area contributed by atoms with Crippen molar-refractivity contribution >= 4 is 23.2 Å². The summed E-state index contributed by atoms with van der Waals surface area (Å²) in [6, 6.07) is 1.05.